The van der Waals surface area contributed by atoms with Crippen molar-refractivity contribution in [1.29, 1.82) is 0 Å². The van der Waals surface area contributed by atoms with Crippen LogP contribution in [0.4, 0.5) is 17.3 Å². The Balaban J connectivity index is 1.62. The predicted molar refractivity (Wildman–Crippen MR) is 122 cm³/mol. The lowest BCUT2D eigenvalue weighted by molar-refractivity contribution is -0.111. The third-order valence-corrected chi connectivity index (χ3v) is 4.62. The number of hydrogen-bond donors (Lipinski definition) is 3. The first-order valence-corrected chi connectivity index (χ1v) is 10.2. The van der Waals surface area contributed by atoms with Crippen LogP contribution in [0.15, 0.2) is 61.6 Å². The number of benzene rings is 1. The molecule has 0 saturated heterocycles. The highest BCUT2D eigenvalue weighted by Gasteiger charge is 2.26. The molecular formula is C23H22N6O4. The monoisotopic (exact) mass is 446 g/mol. The zero-order chi connectivity index (χ0) is 23.2. The van der Waals surface area contributed by atoms with E-state index in [1.54, 1.807) is 49.8 Å². The molecule has 10 heteroatoms. The number of rotatable bonds is 9. The fraction of sp³-hybridized carbons (Fsp3) is 0.174. The van der Waals surface area contributed by atoms with Gasteiger partial charge >= 0.3 is 0 Å². The highest BCUT2D eigenvalue weighted by molar-refractivity contribution is 5.99. The van der Waals surface area contributed by atoms with Crippen LogP contribution < -0.4 is 25.4 Å². The van der Waals surface area contributed by atoms with Crippen molar-refractivity contribution in [2.24, 2.45) is 0 Å². The molecule has 3 N–H and O–H groups in total. The lowest BCUT2D eigenvalue weighted by Gasteiger charge is -2.13. The third kappa shape index (κ3) is 5.82. The minimum Gasteiger partial charge on any atom is -0.495 e. The van der Waals surface area contributed by atoms with E-state index in [9.17, 15) is 9.59 Å². The zero-order valence-electron chi connectivity index (χ0n) is 17.9. The van der Waals surface area contributed by atoms with Crippen molar-refractivity contribution in [2.45, 2.75) is 18.9 Å². The molecule has 0 radical (unpaired) electrons. The van der Waals surface area contributed by atoms with Crippen molar-refractivity contribution in [1.82, 2.24) is 20.3 Å². The van der Waals surface area contributed by atoms with Crippen molar-refractivity contribution in [3.63, 3.8) is 0 Å². The number of carbonyl (C=O) groups is 2. The molecule has 1 aliphatic rings. The van der Waals surface area contributed by atoms with Crippen molar-refractivity contribution in [3.05, 3.63) is 67.1 Å². The average molecular weight is 446 g/mol. The van der Waals surface area contributed by atoms with Gasteiger partial charge in [0.2, 0.25) is 17.7 Å². The van der Waals surface area contributed by atoms with Crippen molar-refractivity contribution < 1.29 is 19.1 Å². The molecule has 0 spiro atoms. The van der Waals surface area contributed by atoms with E-state index in [2.05, 4.69) is 37.5 Å². The van der Waals surface area contributed by atoms with Crippen LogP contribution in [0.2, 0.25) is 0 Å². The molecule has 2 aromatic heterocycles. The van der Waals surface area contributed by atoms with Gasteiger partial charge in [-0.25, -0.2) is 4.98 Å². The number of methoxy groups -OCH3 is 1. The smallest absolute Gasteiger partial charge is 0.258 e. The maximum absolute atomic E-state index is 12.7. The first kappa shape index (κ1) is 21.8. The van der Waals surface area contributed by atoms with Crippen molar-refractivity contribution in [3.8, 4) is 17.4 Å². The molecule has 1 saturated carbocycles. The highest BCUT2D eigenvalue weighted by Crippen LogP contribution is 2.28. The summed E-state index contributed by atoms with van der Waals surface area (Å²) in [4.78, 5) is 37.1. The second kappa shape index (κ2) is 9.77. The Morgan fingerprint density at radius 1 is 1.12 bits per heavy atom. The number of ether oxygens (including phenoxy) is 2. The number of amides is 2. The maximum Gasteiger partial charge on any atom is 0.258 e. The van der Waals surface area contributed by atoms with E-state index in [-0.39, 0.29) is 35.2 Å². The molecular weight excluding hydrogens is 424 g/mol. The van der Waals surface area contributed by atoms with Crippen LogP contribution in [0.3, 0.4) is 0 Å². The third-order valence-electron chi connectivity index (χ3n) is 4.62. The number of aromatic nitrogens is 3. The molecule has 0 unspecified atom stereocenters. The minimum absolute atomic E-state index is 0.0636. The van der Waals surface area contributed by atoms with E-state index in [1.807, 2.05) is 0 Å². The van der Waals surface area contributed by atoms with Crippen LogP contribution in [0, 0.1) is 0 Å². The molecule has 1 fully saturated rings. The van der Waals surface area contributed by atoms with Gasteiger partial charge < -0.3 is 25.4 Å². The topological polar surface area (TPSA) is 127 Å². The second-order valence-corrected chi connectivity index (χ2v) is 7.22. The Morgan fingerprint density at radius 2 is 1.94 bits per heavy atom. The summed E-state index contributed by atoms with van der Waals surface area (Å²) in [5.74, 6) is 0.545. The summed E-state index contributed by atoms with van der Waals surface area (Å²) in [6, 6.07) is 8.61. The fourth-order valence-electron chi connectivity index (χ4n) is 2.82. The van der Waals surface area contributed by atoms with Crippen LogP contribution in [0.5, 0.6) is 17.4 Å². The molecule has 0 aliphatic heterocycles. The normalized spacial score (nSPS) is 12.4. The Bertz CT molecular complexity index is 1200. The average Bonchev–Trinajstić information content (AvgIpc) is 3.63. The van der Waals surface area contributed by atoms with Crippen LogP contribution in [-0.4, -0.2) is 39.9 Å². The maximum atomic E-state index is 12.7. The number of anilines is 3. The second-order valence-electron chi connectivity index (χ2n) is 7.22. The summed E-state index contributed by atoms with van der Waals surface area (Å²) in [6.45, 7) is 3.44. The predicted octanol–water partition coefficient (Wildman–Crippen LogP) is 3.43. The standard InChI is InChI=1S/C23H22N6O4/c1-3-20(30)26-15-5-4-6-17(9-15)33-22-19(21(31)27-14-7-8-14)13-25-23(29-22)28-16-10-18(32-2)12-24-11-16/h3-6,9-14H,1,7-8H2,2H3,(H,26,30)(H,27,31)(H,25,28,29). The fourth-order valence-corrected chi connectivity index (χ4v) is 2.82. The van der Waals surface area contributed by atoms with E-state index in [1.165, 1.54) is 12.3 Å². The Labute approximate surface area is 190 Å². The minimum atomic E-state index is -0.350. The van der Waals surface area contributed by atoms with E-state index >= 15 is 0 Å². The van der Waals surface area contributed by atoms with Gasteiger partial charge in [0.1, 0.15) is 17.1 Å². The zero-order valence-corrected chi connectivity index (χ0v) is 17.9. The largest absolute Gasteiger partial charge is 0.495 e. The van der Waals surface area contributed by atoms with Gasteiger partial charge in [-0.3, -0.25) is 14.6 Å². The Morgan fingerprint density at radius 3 is 2.70 bits per heavy atom. The first-order chi connectivity index (χ1) is 16.0. The van der Waals surface area contributed by atoms with Crippen LogP contribution in [-0.2, 0) is 4.79 Å². The van der Waals surface area contributed by atoms with E-state index in [0.717, 1.165) is 12.8 Å². The van der Waals surface area contributed by atoms with E-state index < -0.39 is 0 Å². The summed E-state index contributed by atoms with van der Waals surface area (Å²) in [5, 5.41) is 8.60. The van der Waals surface area contributed by atoms with Crippen molar-refractivity contribution >= 4 is 29.1 Å². The quantitative estimate of drug-likeness (QED) is 0.427. The van der Waals surface area contributed by atoms with E-state index in [0.29, 0.717) is 22.9 Å². The first-order valence-electron chi connectivity index (χ1n) is 10.2. The van der Waals surface area contributed by atoms with Gasteiger partial charge in [0, 0.05) is 30.1 Å². The summed E-state index contributed by atoms with van der Waals surface area (Å²) in [6.07, 6.45) is 7.62. The summed E-state index contributed by atoms with van der Waals surface area (Å²) in [5.41, 5.74) is 1.30. The molecule has 3 aromatic rings. The Kier molecular flexibility index (Phi) is 6.44. The van der Waals surface area contributed by atoms with Crippen LogP contribution in [0.25, 0.3) is 0 Å². The molecule has 168 valence electrons. The molecule has 0 atom stereocenters. The number of nitrogens with one attached hydrogen (secondary N) is 3. The molecule has 2 amide bonds. The van der Waals surface area contributed by atoms with Crippen LogP contribution in [0.1, 0.15) is 23.2 Å². The lowest BCUT2D eigenvalue weighted by Crippen LogP contribution is -2.26. The molecule has 4 rings (SSSR count). The molecule has 1 aliphatic carbocycles. The molecule has 0 bridgehead atoms. The summed E-state index contributed by atoms with van der Waals surface area (Å²) in [7, 11) is 1.54. The van der Waals surface area contributed by atoms with Gasteiger partial charge in [-0.15, -0.1) is 0 Å². The highest BCUT2D eigenvalue weighted by atomic mass is 16.5. The molecule has 2 heterocycles. The lowest BCUT2D eigenvalue weighted by atomic mass is 10.2. The van der Waals surface area contributed by atoms with Crippen LogP contribution >= 0.6 is 0 Å². The van der Waals surface area contributed by atoms with Gasteiger partial charge in [0.25, 0.3) is 5.91 Å². The van der Waals surface area contributed by atoms with Gasteiger partial charge in [0.15, 0.2) is 0 Å². The Hall–Kier alpha value is -4.47. The number of pyridine rings is 1. The van der Waals surface area contributed by atoms with E-state index in [4.69, 9.17) is 9.47 Å². The number of carbonyl (C=O) groups excluding carboxylic acids is 2. The van der Waals surface area contributed by atoms with Gasteiger partial charge in [0.05, 0.1) is 25.2 Å². The number of hydrogen-bond acceptors (Lipinski definition) is 8. The van der Waals surface area contributed by atoms with Crippen molar-refractivity contribution in [2.75, 3.05) is 17.7 Å². The SMILES string of the molecule is C=CC(=O)Nc1cccc(Oc2nc(Nc3cncc(OC)c3)ncc2C(=O)NC2CC2)c1. The van der Waals surface area contributed by atoms with Gasteiger partial charge in [-0.2, -0.15) is 4.98 Å². The van der Waals surface area contributed by atoms with Gasteiger partial charge in [-0.05, 0) is 31.1 Å². The summed E-state index contributed by atoms with van der Waals surface area (Å²) >= 11 is 0. The molecule has 33 heavy (non-hydrogen) atoms. The molecule has 10 nitrogen and oxygen atoms in total. The van der Waals surface area contributed by atoms with Gasteiger partial charge in [-0.1, -0.05) is 12.6 Å². The molecule has 1 aromatic carbocycles. The number of nitrogens with zero attached hydrogens (tertiary/aromatic N) is 3. The summed E-state index contributed by atoms with van der Waals surface area (Å²) < 4.78 is 11.1.